The lowest BCUT2D eigenvalue weighted by Crippen LogP contribution is -2.37. The third-order valence-corrected chi connectivity index (χ3v) is 4.44. The number of hydrogen-bond donors (Lipinski definition) is 2. The van der Waals surface area contributed by atoms with Crippen molar-refractivity contribution < 1.29 is 28.6 Å². The summed E-state index contributed by atoms with van der Waals surface area (Å²) in [4.78, 5) is 35.5. The summed E-state index contributed by atoms with van der Waals surface area (Å²) in [5.74, 6) is -0.540. The van der Waals surface area contributed by atoms with E-state index in [1.807, 2.05) is 0 Å². The maximum atomic E-state index is 11.9. The van der Waals surface area contributed by atoms with E-state index in [1.54, 1.807) is 36.4 Å². The van der Waals surface area contributed by atoms with Crippen LogP contribution in [-0.2, 0) is 14.3 Å². The molecule has 0 spiro atoms. The topological polar surface area (TPSA) is 103 Å². The average molecular weight is 451 g/mol. The summed E-state index contributed by atoms with van der Waals surface area (Å²) in [5, 5.41) is 5.25. The van der Waals surface area contributed by atoms with Gasteiger partial charge in [0.25, 0.3) is 5.91 Å². The first-order valence-electron chi connectivity index (χ1n) is 8.72. The highest BCUT2D eigenvalue weighted by atomic mass is 35.5. The first kappa shape index (κ1) is 21.5. The standard InChI is InChI=1S/C20H16Cl2N2O6/c21-14-2-1-3-15(22)13(14)5-7-19(26)30-11-18(25)24-20(27)23-12-4-6-16-17(10-12)29-9-8-28-16/h1-7,10H,8-9,11H2,(H2,23,24,25,27)/b7-5+. The fourth-order valence-electron chi connectivity index (χ4n) is 2.45. The lowest BCUT2D eigenvalue weighted by Gasteiger charge is -2.19. The first-order chi connectivity index (χ1) is 14.4. The zero-order valence-electron chi connectivity index (χ0n) is 15.4. The molecule has 0 bridgehead atoms. The number of imide groups is 1. The smallest absolute Gasteiger partial charge is 0.331 e. The summed E-state index contributed by atoms with van der Waals surface area (Å²) in [6, 6.07) is 8.93. The van der Waals surface area contributed by atoms with E-state index in [2.05, 4.69) is 10.6 Å². The van der Waals surface area contributed by atoms with Crippen molar-refractivity contribution in [3.05, 3.63) is 58.1 Å². The van der Waals surface area contributed by atoms with Gasteiger partial charge < -0.3 is 19.5 Å². The van der Waals surface area contributed by atoms with Gasteiger partial charge in [-0.25, -0.2) is 9.59 Å². The molecule has 0 unspecified atom stereocenters. The number of anilines is 1. The van der Waals surface area contributed by atoms with Crippen molar-refractivity contribution in [1.82, 2.24) is 5.32 Å². The predicted octanol–water partition coefficient (Wildman–Crippen LogP) is 3.67. The molecule has 2 N–H and O–H groups in total. The molecule has 30 heavy (non-hydrogen) atoms. The molecule has 1 aliphatic heterocycles. The Morgan fingerprint density at radius 1 is 1.03 bits per heavy atom. The van der Waals surface area contributed by atoms with Crippen LogP contribution in [0, 0.1) is 0 Å². The predicted molar refractivity (Wildman–Crippen MR) is 111 cm³/mol. The van der Waals surface area contributed by atoms with Crippen LogP contribution >= 0.6 is 23.2 Å². The number of esters is 1. The summed E-state index contributed by atoms with van der Waals surface area (Å²) in [5.41, 5.74) is 0.849. The highest BCUT2D eigenvalue weighted by Gasteiger charge is 2.14. The Hall–Kier alpha value is -3.23. The number of ether oxygens (including phenoxy) is 3. The Bertz CT molecular complexity index is 989. The molecule has 0 fully saturated rings. The highest BCUT2D eigenvalue weighted by molar-refractivity contribution is 6.37. The van der Waals surface area contributed by atoms with Crippen LogP contribution in [0.5, 0.6) is 11.5 Å². The SMILES string of the molecule is O=C(COC(=O)/C=C/c1c(Cl)cccc1Cl)NC(=O)Nc1ccc2c(c1)OCCO2. The van der Waals surface area contributed by atoms with Crippen molar-refractivity contribution >= 4 is 52.9 Å². The minimum Gasteiger partial charge on any atom is -0.486 e. The molecule has 2 aromatic rings. The zero-order chi connectivity index (χ0) is 21.5. The van der Waals surface area contributed by atoms with Gasteiger partial charge in [-0.2, -0.15) is 0 Å². The van der Waals surface area contributed by atoms with Crippen LogP contribution in [0.15, 0.2) is 42.5 Å². The molecule has 1 aliphatic rings. The summed E-state index contributed by atoms with van der Waals surface area (Å²) in [6.45, 7) is 0.214. The highest BCUT2D eigenvalue weighted by Crippen LogP contribution is 2.32. The quantitative estimate of drug-likeness (QED) is 0.531. The van der Waals surface area contributed by atoms with Gasteiger partial charge in [-0.1, -0.05) is 29.3 Å². The first-order valence-corrected chi connectivity index (χ1v) is 9.47. The monoisotopic (exact) mass is 450 g/mol. The van der Waals surface area contributed by atoms with Crippen molar-refractivity contribution in [2.75, 3.05) is 25.1 Å². The van der Waals surface area contributed by atoms with E-state index in [4.69, 9.17) is 37.4 Å². The van der Waals surface area contributed by atoms with Crippen molar-refractivity contribution in [2.45, 2.75) is 0 Å². The summed E-state index contributed by atoms with van der Waals surface area (Å²) in [6.07, 6.45) is 2.45. The van der Waals surface area contributed by atoms with Crippen molar-refractivity contribution in [3.8, 4) is 11.5 Å². The fourth-order valence-corrected chi connectivity index (χ4v) is 2.98. The van der Waals surface area contributed by atoms with Gasteiger partial charge in [-0.05, 0) is 30.3 Å². The zero-order valence-corrected chi connectivity index (χ0v) is 17.0. The average Bonchev–Trinajstić information content (AvgIpc) is 2.71. The van der Waals surface area contributed by atoms with E-state index < -0.39 is 24.5 Å². The number of nitrogens with one attached hydrogen (secondary N) is 2. The van der Waals surface area contributed by atoms with Gasteiger partial charge in [0, 0.05) is 33.4 Å². The second-order valence-electron chi connectivity index (χ2n) is 5.94. The van der Waals surface area contributed by atoms with Gasteiger partial charge >= 0.3 is 12.0 Å². The van der Waals surface area contributed by atoms with E-state index in [0.29, 0.717) is 46.0 Å². The van der Waals surface area contributed by atoms with Crippen LogP contribution in [0.1, 0.15) is 5.56 Å². The molecular formula is C20H16Cl2N2O6. The number of hydrogen-bond acceptors (Lipinski definition) is 6. The van der Waals surface area contributed by atoms with E-state index in [-0.39, 0.29) is 0 Å². The Balaban J connectivity index is 1.45. The van der Waals surface area contributed by atoms with E-state index in [1.165, 1.54) is 6.08 Å². The molecule has 3 rings (SSSR count). The number of halogens is 2. The maximum Gasteiger partial charge on any atom is 0.331 e. The third kappa shape index (κ3) is 5.88. The largest absolute Gasteiger partial charge is 0.486 e. The molecule has 0 saturated carbocycles. The van der Waals surface area contributed by atoms with Crippen LogP contribution < -0.4 is 20.1 Å². The van der Waals surface area contributed by atoms with Crippen LogP contribution in [0.25, 0.3) is 6.08 Å². The van der Waals surface area contributed by atoms with Gasteiger partial charge in [0.1, 0.15) is 13.2 Å². The molecule has 156 valence electrons. The van der Waals surface area contributed by atoms with E-state index in [0.717, 1.165) is 6.08 Å². The van der Waals surface area contributed by atoms with Crippen molar-refractivity contribution in [1.29, 1.82) is 0 Å². The number of urea groups is 1. The normalized spacial score (nSPS) is 12.3. The van der Waals surface area contributed by atoms with Gasteiger partial charge in [-0.15, -0.1) is 0 Å². The van der Waals surface area contributed by atoms with Crippen molar-refractivity contribution in [3.63, 3.8) is 0 Å². The lowest BCUT2D eigenvalue weighted by atomic mass is 10.2. The Morgan fingerprint density at radius 2 is 1.73 bits per heavy atom. The van der Waals surface area contributed by atoms with Gasteiger partial charge in [0.2, 0.25) is 0 Å². The number of rotatable bonds is 5. The summed E-state index contributed by atoms with van der Waals surface area (Å²) in [7, 11) is 0. The molecule has 1 heterocycles. The number of benzene rings is 2. The Labute approximate surface area is 181 Å². The number of amides is 3. The third-order valence-electron chi connectivity index (χ3n) is 3.78. The number of carbonyl (C=O) groups excluding carboxylic acids is 3. The molecule has 0 atom stereocenters. The van der Waals surface area contributed by atoms with Crippen molar-refractivity contribution in [2.24, 2.45) is 0 Å². The molecule has 0 radical (unpaired) electrons. The van der Waals surface area contributed by atoms with E-state index >= 15 is 0 Å². The minimum absolute atomic E-state index is 0.361. The molecule has 0 aromatic heterocycles. The second kappa shape index (κ2) is 10.00. The van der Waals surface area contributed by atoms with Crippen LogP contribution in [-0.4, -0.2) is 37.7 Å². The molecule has 0 aliphatic carbocycles. The molecule has 2 aromatic carbocycles. The second-order valence-corrected chi connectivity index (χ2v) is 6.75. The molecule has 10 heteroatoms. The Kier molecular flexibility index (Phi) is 7.16. The van der Waals surface area contributed by atoms with E-state index in [9.17, 15) is 14.4 Å². The van der Waals surface area contributed by atoms with Gasteiger partial charge in [-0.3, -0.25) is 10.1 Å². The van der Waals surface area contributed by atoms with Gasteiger partial charge in [0.05, 0.1) is 0 Å². The molecule has 8 nitrogen and oxygen atoms in total. The number of fused-ring (bicyclic) bond motifs is 1. The fraction of sp³-hybridized carbons (Fsp3) is 0.150. The molecule has 3 amide bonds. The van der Waals surface area contributed by atoms with Crippen LogP contribution in [0.2, 0.25) is 10.0 Å². The summed E-state index contributed by atoms with van der Waals surface area (Å²) < 4.78 is 15.6. The minimum atomic E-state index is -0.803. The molecular weight excluding hydrogens is 435 g/mol. The summed E-state index contributed by atoms with van der Waals surface area (Å²) >= 11 is 12.0. The maximum absolute atomic E-state index is 11.9. The number of carbonyl (C=O) groups is 3. The van der Waals surface area contributed by atoms with Crippen LogP contribution in [0.4, 0.5) is 10.5 Å². The Morgan fingerprint density at radius 3 is 2.47 bits per heavy atom. The van der Waals surface area contributed by atoms with Crippen LogP contribution in [0.3, 0.4) is 0 Å². The molecule has 0 saturated heterocycles. The lowest BCUT2D eigenvalue weighted by molar-refractivity contribution is -0.143. The van der Waals surface area contributed by atoms with Gasteiger partial charge in [0.15, 0.2) is 18.1 Å².